The van der Waals surface area contributed by atoms with E-state index in [-0.39, 0.29) is 18.0 Å². The first-order valence-corrected chi connectivity index (χ1v) is 8.11. The number of anilines is 1. The summed E-state index contributed by atoms with van der Waals surface area (Å²) in [5.41, 5.74) is 1.21. The van der Waals surface area contributed by atoms with Crippen LogP contribution in [0.1, 0.15) is 35.9 Å². The third-order valence-electron chi connectivity index (χ3n) is 3.78. The van der Waals surface area contributed by atoms with Gasteiger partial charge in [-0.05, 0) is 56.2 Å². The molecule has 3 rings (SSSR count). The van der Waals surface area contributed by atoms with Crippen LogP contribution in [0.5, 0.6) is 0 Å². The molecule has 2 aromatic rings. The number of urea groups is 1. The summed E-state index contributed by atoms with van der Waals surface area (Å²) in [4.78, 5) is 23.9. The van der Waals surface area contributed by atoms with Crippen molar-refractivity contribution in [2.24, 2.45) is 0 Å². The molecule has 0 saturated heterocycles. The molecule has 6 heteroatoms. The van der Waals surface area contributed by atoms with Crippen molar-refractivity contribution in [3.8, 4) is 0 Å². The van der Waals surface area contributed by atoms with Gasteiger partial charge in [-0.15, -0.1) is 0 Å². The van der Waals surface area contributed by atoms with Crippen molar-refractivity contribution in [2.45, 2.75) is 38.3 Å². The Bertz CT molecular complexity index is 691. The molecule has 1 heterocycles. The Kier molecular flexibility index (Phi) is 4.84. The van der Waals surface area contributed by atoms with Crippen LogP contribution < -0.4 is 16.0 Å². The Morgan fingerprint density at radius 3 is 2.58 bits per heavy atom. The van der Waals surface area contributed by atoms with Crippen LogP contribution in [0, 0.1) is 0 Å². The van der Waals surface area contributed by atoms with Crippen molar-refractivity contribution in [3.63, 3.8) is 0 Å². The second kappa shape index (κ2) is 7.21. The van der Waals surface area contributed by atoms with Gasteiger partial charge in [-0.2, -0.15) is 0 Å². The van der Waals surface area contributed by atoms with Gasteiger partial charge in [-0.3, -0.25) is 4.79 Å². The first kappa shape index (κ1) is 16.1. The molecule has 1 saturated carbocycles. The normalized spacial score (nSPS) is 14.7. The van der Waals surface area contributed by atoms with E-state index < -0.39 is 0 Å². The second-order valence-electron chi connectivity index (χ2n) is 6.11. The van der Waals surface area contributed by atoms with Gasteiger partial charge in [0.15, 0.2) is 0 Å². The first-order chi connectivity index (χ1) is 11.6. The molecular formula is C18H21N3O3. The molecule has 1 aliphatic rings. The van der Waals surface area contributed by atoms with Crippen molar-refractivity contribution in [1.29, 1.82) is 0 Å². The minimum atomic E-state index is -0.207. The maximum Gasteiger partial charge on any atom is 0.319 e. The predicted octanol–water partition coefficient (Wildman–Crippen LogP) is 2.92. The molecule has 1 aliphatic carbocycles. The fourth-order valence-corrected chi connectivity index (χ4v) is 2.37. The van der Waals surface area contributed by atoms with Gasteiger partial charge in [0.25, 0.3) is 5.91 Å². The molecule has 126 valence electrons. The minimum Gasteiger partial charge on any atom is -0.469 e. The average molecular weight is 327 g/mol. The highest BCUT2D eigenvalue weighted by Crippen LogP contribution is 2.19. The molecule has 3 amide bonds. The lowest BCUT2D eigenvalue weighted by Crippen LogP contribution is -2.34. The fraction of sp³-hybridized carbons (Fsp3) is 0.333. The van der Waals surface area contributed by atoms with Crippen molar-refractivity contribution in [1.82, 2.24) is 10.6 Å². The first-order valence-electron chi connectivity index (χ1n) is 8.11. The Morgan fingerprint density at radius 2 is 1.96 bits per heavy atom. The molecule has 0 radical (unpaired) electrons. The number of rotatable bonds is 6. The smallest absolute Gasteiger partial charge is 0.319 e. The van der Waals surface area contributed by atoms with E-state index in [2.05, 4.69) is 16.0 Å². The lowest BCUT2D eigenvalue weighted by molar-refractivity contribution is 0.0939. The highest BCUT2D eigenvalue weighted by molar-refractivity contribution is 5.95. The maximum absolute atomic E-state index is 12.2. The van der Waals surface area contributed by atoms with Crippen LogP contribution in [-0.4, -0.2) is 24.0 Å². The molecule has 1 fully saturated rings. The van der Waals surface area contributed by atoms with E-state index in [9.17, 15) is 9.59 Å². The zero-order chi connectivity index (χ0) is 16.9. The molecule has 0 spiro atoms. The summed E-state index contributed by atoms with van der Waals surface area (Å²) < 4.78 is 5.28. The lowest BCUT2D eigenvalue weighted by Gasteiger charge is -2.13. The zero-order valence-electron chi connectivity index (χ0n) is 13.5. The van der Waals surface area contributed by atoms with Gasteiger partial charge < -0.3 is 20.4 Å². The summed E-state index contributed by atoms with van der Waals surface area (Å²) >= 11 is 0. The van der Waals surface area contributed by atoms with Crippen molar-refractivity contribution >= 4 is 17.6 Å². The average Bonchev–Trinajstić information content (AvgIpc) is 3.20. The van der Waals surface area contributed by atoms with Gasteiger partial charge >= 0.3 is 6.03 Å². The SMILES string of the molecule is CC(Cc1ccco1)NC(=O)c1ccc(NC(=O)NC2CC2)cc1. The topological polar surface area (TPSA) is 83.4 Å². The van der Waals surface area contributed by atoms with Gasteiger partial charge in [0.1, 0.15) is 5.76 Å². The zero-order valence-corrected chi connectivity index (χ0v) is 13.5. The molecular weight excluding hydrogens is 306 g/mol. The summed E-state index contributed by atoms with van der Waals surface area (Å²) in [6, 6.07) is 10.6. The molecule has 0 aliphatic heterocycles. The minimum absolute atomic E-state index is 0.0363. The number of amides is 3. The van der Waals surface area contributed by atoms with Crippen LogP contribution in [0.15, 0.2) is 47.1 Å². The fourth-order valence-electron chi connectivity index (χ4n) is 2.37. The lowest BCUT2D eigenvalue weighted by atomic mass is 10.1. The second-order valence-corrected chi connectivity index (χ2v) is 6.11. The van der Waals surface area contributed by atoms with E-state index in [1.165, 1.54) is 0 Å². The van der Waals surface area contributed by atoms with Gasteiger partial charge in [-0.1, -0.05) is 0 Å². The number of furan rings is 1. The number of benzene rings is 1. The maximum atomic E-state index is 12.2. The van der Waals surface area contributed by atoms with E-state index in [0.717, 1.165) is 18.6 Å². The molecule has 1 aromatic heterocycles. The van der Waals surface area contributed by atoms with Gasteiger partial charge in [-0.25, -0.2) is 4.79 Å². The monoisotopic (exact) mass is 327 g/mol. The largest absolute Gasteiger partial charge is 0.469 e. The number of hydrogen-bond donors (Lipinski definition) is 3. The van der Waals surface area contributed by atoms with Crippen LogP contribution in [0.4, 0.5) is 10.5 Å². The van der Waals surface area contributed by atoms with E-state index >= 15 is 0 Å². The Labute approximate surface area is 140 Å². The van der Waals surface area contributed by atoms with Crippen molar-refractivity contribution in [3.05, 3.63) is 54.0 Å². The molecule has 1 unspecified atom stereocenters. The van der Waals surface area contributed by atoms with Crippen LogP contribution >= 0.6 is 0 Å². The number of hydrogen-bond acceptors (Lipinski definition) is 3. The Balaban J connectivity index is 1.50. The number of carbonyl (C=O) groups is 2. The summed E-state index contributed by atoms with van der Waals surface area (Å²) in [6.07, 6.45) is 4.35. The van der Waals surface area contributed by atoms with E-state index in [4.69, 9.17) is 4.42 Å². The van der Waals surface area contributed by atoms with Crippen LogP contribution in [0.2, 0.25) is 0 Å². The highest BCUT2D eigenvalue weighted by atomic mass is 16.3. The van der Waals surface area contributed by atoms with E-state index in [0.29, 0.717) is 23.7 Å². The van der Waals surface area contributed by atoms with E-state index in [1.807, 2.05) is 19.1 Å². The predicted molar refractivity (Wildman–Crippen MR) is 91.0 cm³/mol. The van der Waals surface area contributed by atoms with Crippen LogP contribution in [0.3, 0.4) is 0 Å². The number of carbonyl (C=O) groups excluding carboxylic acids is 2. The molecule has 0 bridgehead atoms. The third-order valence-corrected chi connectivity index (χ3v) is 3.78. The molecule has 1 aromatic carbocycles. The summed E-state index contributed by atoms with van der Waals surface area (Å²) in [6.45, 7) is 1.93. The molecule has 24 heavy (non-hydrogen) atoms. The third kappa shape index (κ3) is 4.62. The molecule has 6 nitrogen and oxygen atoms in total. The Morgan fingerprint density at radius 1 is 1.21 bits per heavy atom. The van der Waals surface area contributed by atoms with E-state index in [1.54, 1.807) is 30.5 Å². The van der Waals surface area contributed by atoms with Gasteiger partial charge in [0.05, 0.1) is 6.26 Å². The number of nitrogens with one attached hydrogen (secondary N) is 3. The molecule has 3 N–H and O–H groups in total. The van der Waals surface area contributed by atoms with Gasteiger partial charge in [0.2, 0.25) is 0 Å². The standard InChI is InChI=1S/C18H21N3O3/c1-12(11-16-3-2-10-24-16)19-17(22)13-4-6-14(7-5-13)20-18(23)21-15-8-9-15/h2-7,10,12,15H,8-9,11H2,1H3,(H,19,22)(H2,20,21,23). The molecule has 1 atom stereocenters. The van der Waals surface area contributed by atoms with Gasteiger partial charge in [0, 0.05) is 29.8 Å². The van der Waals surface area contributed by atoms with Crippen LogP contribution in [0.25, 0.3) is 0 Å². The van der Waals surface area contributed by atoms with Crippen molar-refractivity contribution in [2.75, 3.05) is 5.32 Å². The Hall–Kier alpha value is -2.76. The highest BCUT2D eigenvalue weighted by Gasteiger charge is 2.23. The quantitative estimate of drug-likeness (QED) is 0.763. The van der Waals surface area contributed by atoms with Crippen LogP contribution in [-0.2, 0) is 6.42 Å². The summed E-state index contributed by atoms with van der Waals surface area (Å²) in [7, 11) is 0. The summed E-state index contributed by atoms with van der Waals surface area (Å²) in [5, 5.41) is 8.53. The summed E-state index contributed by atoms with van der Waals surface area (Å²) in [5.74, 6) is 0.687. The van der Waals surface area contributed by atoms with Crippen molar-refractivity contribution < 1.29 is 14.0 Å².